The van der Waals surface area contributed by atoms with Gasteiger partial charge in [-0.25, -0.2) is 9.97 Å². The van der Waals surface area contributed by atoms with Crippen LogP contribution in [0.4, 0.5) is 0 Å². The number of hydrogen-bond donors (Lipinski definition) is 1. The first-order valence-electron chi connectivity index (χ1n) is 8.23. The molecule has 0 radical (unpaired) electrons. The zero-order valence-corrected chi connectivity index (χ0v) is 15.6. The molecule has 0 aliphatic carbocycles. The van der Waals surface area contributed by atoms with Crippen molar-refractivity contribution in [3.05, 3.63) is 52.8 Å². The molecule has 2 aromatic rings. The Balaban J connectivity index is 1.76. The highest BCUT2D eigenvalue weighted by atomic mass is 32.2. The normalized spacial score (nSPS) is 12.0. The van der Waals surface area contributed by atoms with Crippen molar-refractivity contribution in [3.8, 4) is 0 Å². The van der Waals surface area contributed by atoms with Crippen LogP contribution < -0.4 is 5.32 Å². The molecule has 128 valence electrons. The lowest BCUT2D eigenvalue weighted by Crippen LogP contribution is -2.34. The number of nitrogens with one attached hydrogen (secondary N) is 1. The van der Waals surface area contributed by atoms with Gasteiger partial charge >= 0.3 is 0 Å². The highest BCUT2D eigenvalue weighted by Gasteiger charge is 2.11. The van der Waals surface area contributed by atoms with Gasteiger partial charge in [-0.3, -0.25) is 4.79 Å². The Hall–Kier alpha value is -1.88. The van der Waals surface area contributed by atoms with Gasteiger partial charge in [0.25, 0.3) is 0 Å². The fourth-order valence-corrected chi connectivity index (χ4v) is 3.10. The second kappa shape index (κ2) is 8.83. The highest BCUT2D eigenvalue weighted by Crippen LogP contribution is 2.17. The number of aryl methyl sites for hydroxylation is 3. The van der Waals surface area contributed by atoms with Crippen molar-refractivity contribution < 1.29 is 4.79 Å². The standard InChI is InChI=1S/C19H25N3OS/c1-13(10-11-17-8-6-5-7-9-17)20-18(23)12-24-19-21-15(3)14(2)16(4)22-19/h5-9,13H,10-12H2,1-4H3,(H,20,23)/t13-/m0/s1. The number of carbonyl (C=O) groups is 1. The van der Waals surface area contributed by atoms with Crippen LogP contribution in [0.3, 0.4) is 0 Å². The lowest BCUT2D eigenvalue weighted by Gasteiger charge is -2.14. The molecule has 1 amide bonds. The molecular formula is C19H25N3OS. The van der Waals surface area contributed by atoms with Crippen molar-refractivity contribution in [3.63, 3.8) is 0 Å². The summed E-state index contributed by atoms with van der Waals surface area (Å²) in [5, 5.41) is 3.71. The van der Waals surface area contributed by atoms with E-state index < -0.39 is 0 Å². The van der Waals surface area contributed by atoms with Crippen molar-refractivity contribution in [2.45, 2.75) is 51.7 Å². The molecular weight excluding hydrogens is 318 g/mol. The summed E-state index contributed by atoms with van der Waals surface area (Å²) >= 11 is 1.39. The third-order valence-corrected chi connectivity index (χ3v) is 4.91. The van der Waals surface area contributed by atoms with E-state index in [1.807, 2.05) is 45.9 Å². The van der Waals surface area contributed by atoms with Crippen LogP contribution in [0.5, 0.6) is 0 Å². The smallest absolute Gasteiger partial charge is 0.230 e. The summed E-state index contributed by atoms with van der Waals surface area (Å²) in [6.45, 7) is 8.00. The van der Waals surface area contributed by atoms with E-state index in [0.29, 0.717) is 10.9 Å². The Morgan fingerprint density at radius 2 is 1.75 bits per heavy atom. The molecule has 0 aliphatic rings. The predicted molar refractivity (Wildman–Crippen MR) is 99.3 cm³/mol. The lowest BCUT2D eigenvalue weighted by atomic mass is 10.1. The van der Waals surface area contributed by atoms with Gasteiger partial charge in [-0.1, -0.05) is 42.1 Å². The Kier molecular flexibility index (Phi) is 6.79. The van der Waals surface area contributed by atoms with Gasteiger partial charge in [0.05, 0.1) is 5.75 Å². The first-order chi connectivity index (χ1) is 11.5. The fourth-order valence-electron chi connectivity index (χ4n) is 2.35. The van der Waals surface area contributed by atoms with Crippen molar-refractivity contribution in [2.75, 3.05) is 5.75 Å². The second-order valence-electron chi connectivity index (χ2n) is 6.08. The Labute approximate surface area is 148 Å². The molecule has 5 heteroatoms. The van der Waals surface area contributed by atoms with E-state index in [1.54, 1.807) is 0 Å². The maximum atomic E-state index is 12.1. The Bertz CT molecular complexity index is 665. The van der Waals surface area contributed by atoms with Gasteiger partial charge in [-0.15, -0.1) is 0 Å². The van der Waals surface area contributed by atoms with Crippen LogP contribution >= 0.6 is 11.8 Å². The van der Waals surface area contributed by atoms with Gasteiger partial charge in [-0.2, -0.15) is 0 Å². The van der Waals surface area contributed by atoms with Crippen LogP contribution in [0.25, 0.3) is 0 Å². The molecule has 0 saturated heterocycles. The van der Waals surface area contributed by atoms with Gasteiger partial charge in [-0.05, 0) is 51.7 Å². The maximum absolute atomic E-state index is 12.1. The van der Waals surface area contributed by atoms with E-state index in [9.17, 15) is 4.79 Å². The van der Waals surface area contributed by atoms with Gasteiger partial charge < -0.3 is 5.32 Å². The summed E-state index contributed by atoms with van der Waals surface area (Å²) < 4.78 is 0. The third kappa shape index (κ3) is 5.64. The number of hydrogen-bond acceptors (Lipinski definition) is 4. The molecule has 1 aromatic carbocycles. The zero-order valence-electron chi connectivity index (χ0n) is 14.8. The average molecular weight is 343 g/mol. The number of carbonyl (C=O) groups excluding carboxylic acids is 1. The fraction of sp³-hybridized carbons (Fsp3) is 0.421. The predicted octanol–water partition coefficient (Wildman–Crippen LogP) is 3.63. The van der Waals surface area contributed by atoms with Crippen molar-refractivity contribution >= 4 is 17.7 Å². The zero-order chi connectivity index (χ0) is 17.5. The topological polar surface area (TPSA) is 54.9 Å². The first kappa shape index (κ1) is 18.5. The molecule has 1 N–H and O–H groups in total. The van der Waals surface area contributed by atoms with E-state index in [1.165, 1.54) is 17.3 Å². The summed E-state index contributed by atoms with van der Waals surface area (Å²) in [7, 11) is 0. The van der Waals surface area contributed by atoms with Crippen molar-refractivity contribution in [1.82, 2.24) is 15.3 Å². The van der Waals surface area contributed by atoms with Crippen LogP contribution in [0.1, 0.15) is 35.9 Å². The van der Waals surface area contributed by atoms with E-state index >= 15 is 0 Å². The summed E-state index contributed by atoms with van der Waals surface area (Å²) in [6, 6.07) is 10.5. The first-order valence-corrected chi connectivity index (χ1v) is 9.22. The second-order valence-corrected chi connectivity index (χ2v) is 7.03. The molecule has 0 aliphatic heterocycles. The van der Waals surface area contributed by atoms with Crippen LogP contribution in [-0.4, -0.2) is 27.7 Å². The number of benzene rings is 1. The maximum Gasteiger partial charge on any atom is 0.230 e. The number of thioether (sulfide) groups is 1. The molecule has 0 fully saturated rings. The molecule has 1 heterocycles. The minimum absolute atomic E-state index is 0.0278. The van der Waals surface area contributed by atoms with E-state index in [2.05, 4.69) is 27.4 Å². The van der Waals surface area contributed by atoms with Gasteiger partial charge in [0, 0.05) is 17.4 Å². The molecule has 2 rings (SSSR count). The summed E-state index contributed by atoms with van der Waals surface area (Å²) in [4.78, 5) is 21.0. The summed E-state index contributed by atoms with van der Waals surface area (Å²) in [5.74, 6) is 0.373. The van der Waals surface area contributed by atoms with E-state index in [4.69, 9.17) is 0 Å². The van der Waals surface area contributed by atoms with E-state index in [-0.39, 0.29) is 11.9 Å². The minimum atomic E-state index is 0.0278. The van der Waals surface area contributed by atoms with Crippen LogP contribution in [-0.2, 0) is 11.2 Å². The average Bonchev–Trinajstić information content (AvgIpc) is 2.57. The molecule has 1 aromatic heterocycles. The molecule has 4 nitrogen and oxygen atoms in total. The Morgan fingerprint density at radius 3 is 2.38 bits per heavy atom. The number of rotatable bonds is 7. The molecule has 0 bridgehead atoms. The van der Waals surface area contributed by atoms with Gasteiger partial charge in [0.2, 0.25) is 5.91 Å². The number of nitrogens with zero attached hydrogens (tertiary/aromatic N) is 2. The number of amides is 1. The van der Waals surface area contributed by atoms with Crippen molar-refractivity contribution in [2.24, 2.45) is 0 Å². The lowest BCUT2D eigenvalue weighted by molar-refractivity contribution is -0.119. The van der Waals surface area contributed by atoms with Crippen LogP contribution in [0.15, 0.2) is 35.5 Å². The van der Waals surface area contributed by atoms with Crippen LogP contribution in [0, 0.1) is 20.8 Å². The SMILES string of the molecule is Cc1nc(SCC(=O)N[C@@H](C)CCc2ccccc2)nc(C)c1C. The quantitative estimate of drug-likeness (QED) is 0.616. The molecule has 0 unspecified atom stereocenters. The third-order valence-electron chi connectivity index (χ3n) is 4.06. The van der Waals surface area contributed by atoms with E-state index in [0.717, 1.165) is 29.8 Å². The highest BCUT2D eigenvalue weighted by molar-refractivity contribution is 7.99. The number of aromatic nitrogens is 2. The van der Waals surface area contributed by atoms with Crippen LogP contribution in [0.2, 0.25) is 0 Å². The van der Waals surface area contributed by atoms with Crippen molar-refractivity contribution in [1.29, 1.82) is 0 Å². The summed E-state index contributed by atoms with van der Waals surface area (Å²) in [5.41, 5.74) is 4.36. The minimum Gasteiger partial charge on any atom is -0.353 e. The molecule has 0 saturated carbocycles. The van der Waals surface area contributed by atoms with Gasteiger partial charge in [0.1, 0.15) is 0 Å². The largest absolute Gasteiger partial charge is 0.353 e. The molecule has 24 heavy (non-hydrogen) atoms. The molecule has 0 spiro atoms. The Morgan fingerprint density at radius 1 is 1.12 bits per heavy atom. The van der Waals surface area contributed by atoms with Gasteiger partial charge in [0.15, 0.2) is 5.16 Å². The monoisotopic (exact) mass is 343 g/mol. The molecule has 1 atom stereocenters. The summed E-state index contributed by atoms with van der Waals surface area (Å²) in [6.07, 6.45) is 1.90.